The fraction of sp³-hybridized carbons (Fsp3) is 0.250. The van der Waals surface area contributed by atoms with E-state index >= 15 is 0 Å². The third kappa shape index (κ3) is 7.04. The largest absolute Gasteiger partial charge is 0.633 e. The Hall–Kier alpha value is -4.69. The number of likely N-dealkylation sites (tertiary alicyclic amines) is 1. The zero-order valence-corrected chi connectivity index (χ0v) is 24.6. The molecule has 4 aromatic rings. The number of aromatic nitrogens is 2. The van der Waals surface area contributed by atoms with Crippen LogP contribution in [0.15, 0.2) is 73.1 Å². The smallest absolute Gasteiger partial charge is 0.248 e. The van der Waals surface area contributed by atoms with Gasteiger partial charge in [0.2, 0.25) is 5.91 Å². The Morgan fingerprint density at radius 2 is 2.07 bits per heavy atom. The molecule has 0 spiro atoms. The lowest BCUT2D eigenvalue weighted by Crippen LogP contribution is -2.40. The summed E-state index contributed by atoms with van der Waals surface area (Å²) in [5.41, 5.74) is 3.15. The van der Waals surface area contributed by atoms with Crippen molar-refractivity contribution < 1.29 is 18.9 Å². The summed E-state index contributed by atoms with van der Waals surface area (Å²) in [7, 11) is 1.63. The average molecular weight is 599 g/mol. The number of hydroxylamine groups is 3. The second-order valence-electron chi connectivity index (χ2n) is 10.3. The number of carbonyl (C=O) groups is 1. The van der Waals surface area contributed by atoms with Gasteiger partial charge in [-0.2, -0.15) is 5.26 Å². The van der Waals surface area contributed by atoms with Crippen molar-refractivity contribution >= 4 is 45.5 Å². The quantitative estimate of drug-likeness (QED) is 0.120. The molecule has 10 nitrogen and oxygen atoms in total. The summed E-state index contributed by atoms with van der Waals surface area (Å²) in [6.07, 6.45) is 7.81. The number of carbonyl (C=O) groups excluding carboxylic acids is 1. The van der Waals surface area contributed by atoms with Crippen LogP contribution in [-0.2, 0) is 11.4 Å². The van der Waals surface area contributed by atoms with Gasteiger partial charge in [0, 0.05) is 48.5 Å². The molecule has 2 atom stereocenters. The van der Waals surface area contributed by atoms with Crippen LogP contribution in [-0.4, -0.2) is 46.8 Å². The Bertz CT molecular complexity index is 1700. The lowest BCUT2D eigenvalue weighted by molar-refractivity contribution is -0.865. The molecule has 2 N–H and O–H groups in total. The molecule has 0 radical (unpaired) electrons. The normalized spacial score (nSPS) is 18.0. The van der Waals surface area contributed by atoms with E-state index in [1.54, 1.807) is 49.7 Å². The summed E-state index contributed by atoms with van der Waals surface area (Å²) in [6, 6.07) is 16.2. The maximum absolute atomic E-state index is 12.9. The number of rotatable bonds is 10. The Balaban J connectivity index is 1.42. The van der Waals surface area contributed by atoms with Gasteiger partial charge < -0.3 is 30.0 Å². The molecule has 11 heteroatoms. The van der Waals surface area contributed by atoms with Gasteiger partial charge in [-0.25, -0.2) is 0 Å². The number of amides is 1. The van der Waals surface area contributed by atoms with Crippen LogP contribution >= 0.6 is 11.6 Å². The van der Waals surface area contributed by atoms with Gasteiger partial charge >= 0.3 is 0 Å². The molecule has 0 bridgehead atoms. The lowest BCUT2D eigenvalue weighted by atomic mass is 10.1. The van der Waals surface area contributed by atoms with E-state index in [-0.39, 0.29) is 23.2 Å². The SMILES string of the molecule is CCOc1cc2ncc(C#N)c(Nc3ccc(OCc4ccccn4)c(Cl)c3)c2cc1NC(=O)/C=C/[C@H]1CCC[N+]1(C)[O-]. The third-order valence-electron chi connectivity index (χ3n) is 7.22. The zero-order chi connectivity index (χ0) is 30.4. The molecule has 2 aromatic heterocycles. The monoisotopic (exact) mass is 598 g/mol. The van der Waals surface area contributed by atoms with Crippen LogP contribution in [0.5, 0.6) is 11.5 Å². The summed E-state index contributed by atoms with van der Waals surface area (Å²) in [6.45, 7) is 3.01. The van der Waals surface area contributed by atoms with Crippen molar-refractivity contribution in [2.24, 2.45) is 0 Å². The van der Waals surface area contributed by atoms with Gasteiger partial charge in [0.05, 0.1) is 53.4 Å². The van der Waals surface area contributed by atoms with Crippen molar-refractivity contribution in [3.05, 3.63) is 94.6 Å². The van der Waals surface area contributed by atoms with E-state index in [2.05, 4.69) is 26.7 Å². The Morgan fingerprint density at radius 1 is 1.21 bits per heavy atom. The van der Waals surface area contributed by atoms with Crippen molar-refractivity contribution in [1.29, 1.82) is 5.26 Å². The standard InChI is InChI=1S/C32H31ClN6O4/c1-3-42-30-17-27-25(16-28(30)38-31(40)12-10-24-8-6-14-39(24,2)41)32(21(18-34)19-36-27)37-22-9-11-29(26(33)15-22)43-20-23-7-4-5-13-35-23/h4-5,7,9-13,15-17,19,24H,3,6,8,14,20H2,1-2H3,(H,36,37)(H,38,40)/b12-10+/t24-,39?/m1/s1. The number of benzene rings is 2. The molecule has 3 heterocycles. The molecule has 1 saturated heterocycles. The van der Waals surface area contributed by atoms with E-state index in [9.17, 15) is 15.3 Å². The van der Waals surface area contributed by atoms with Crippen molar-refractivity contribution in [3.63, 3.8) is 0 Å². The minimum absolute atomic E-state index is 0.259. The Kier molecular flexibility index (Phi) is 9.07. The molecule has 1 fully saturated rings. The van der Waals surface area contributed by atoms with E-state index in [0.717, 1.165) is 18.5 Å². The van der Waals surface area contributed by atoms with E-state index in [1.807, 2.05) is 25.1 Å². The highest BCUT2D eigenvalue weighted by atomic mass is 35.5. The van der Waals surface area contributed by atoms with Crippen LogP contribution in [0.2, 0.25) is 5.02 Å². The fourth-order valence-electron chi connectivity index (χ4n) is 4.99. The molecule has 1 amide bonds. The first-order chi connectivity index (χ1) is 20.8. The minimum atomic E-state index is -0.390. The van der Waals surface area contributed by atoms with Crippen LogP contribution in [0.25, 0.3) is 10.9 Å². The number of hydrogen-bond acceptors (Lipinski definition) is 8. The molecule has 1 aliphatic heterocycles. The molecule has 5 rings (SSSR count). The predicted molar refractivity (Wildman–Crippen MR) is 166 cm³/mol. The number of likely N-dealkylation sites (N-methyl/N-ethyl adjacent to an activating group) is 1. The fourth-order valence-corrected chi connectivity index (χ4v) is 5.23. The number of halogens is 1. The van der Waals surface area contributed by atoms with Crippen LogP contribution in [0.3, 0.4) is 0 Å². The number of nitriles is 1. The van der Waals surface area contributed by atoms with Crippen molar-refractivity contribution in [1.82, 2.24) is 9.97 Å². The van der Waals surface area contributed by atoms with Gasteiger partial charge in [-0.3, -0.25) is 14.8 Å². The highest BCUT2D eigenvalue weighted by molar-refractivity contribution is 6.32. The van der Waals surface area contributed by atoms with E-state index < -0.39 is 0 Å². The van der Waals surface area contributed by atoms with Gasteiger partial charge in [-0.15, -0.1) is 0 Å². The maximum atomic E-state index is 12.9. The average Bonchev–Trinajstić information content (AvgIpc) is 3.34. The first-order valence-corrected chi connectivity index (χ1v) is 14.3. The summed E-state index contributed by atoms with van der Waals surface area (Å²) >= 11 is 6.53. The van der Waals surface area contributed by atoms with Crippen molar-refractivity contribution in [3.8, 4) is 17.6 Å². The van der Waals surface area contributed by atoms with Crippen molar-refractivity contribution in [2.45, 2.75) is 32.4 Å². The molecule has 2 aromatic carbocycles. The second kappa shape index (κ2) is 13.1. The Labute approximate surface area is 254 Å². The van der Waals surface area contributed by atoms with E-state index in [4.69, 9.17) is 21.1 Å². The van der Waals surface area contributed by atoms with Gasteiger partial charge in [-0.05, 0) is 49.4 Å². The highest BCUT2D eigenvalue weighted by Crippen LogP contribution is 2.37. The summed E-state index contributed by atoms with van der Waals surface area (Å²) in [5, 5.41) is 29.6. The maximum Gasteiger partial charge on any atom is 0.248 e. The number of nitrogens with zero attached hydrogens (tertiary/aromatic N) is 4. The summed E-state index contributed by atoms with van der Waals surface area (Å²) < 4.78 is 11.2. The molecule has 0 aliphatic carbocycles. The van der Waals surface area contributed by atoms with Crippen molar-refractivity contribution in [2.75, 3.05) is 30.8 Å². The molecule has 220 valence electrons. The summed E-state index contributed by atoms with van der Waals surface area (Å²) in [4.78, 5) is 21.6. The van der Waals surface area contributed by atoms with E-state index in [0.29, 0.717) is 63.2 Å². The second-order valence-corrected chi connectivity index (χ2v) is 10.7. The van der Waals surface area contributed by atoms with Gasteiger partial charge in [0.15, 0.2) is 0 Å². The molecular formula is C32H31ClN6O4. The molecule has 0 saturated carbocycles. The number of anilines is 3. The number of ether oxygens (including phenoxy) is 2. The van der Waals surface area contributed by atoms with Crippen LogP contribution in [0.4, 0.5) is 17.1 Å². The van der Waals surface area contributed by atoms with Crippen LogP contribution in [0, 0.1) is 16.5 Å². The third-order valence-corrected chi connectivity index (χ3v) is 7.52. The molecular weight excluding hydrogens is 568 g/mol. The van der Waals surface area contributed by atoms with E-state index in [1.165, 1.54) is 12.3 Å². The lowest BCUT2D eigenvalue weighted by Gasteiger charge is -2.38. The first-order valence-electron chi connectivity index (χ1n) is 13.9. The summed E-state index contributed by atoms with van der Waals surface area (Å²) in [5.74, 6) is 0.535. The first kappa shape index (κ1) is 29.8. The number of fused-ring (bicyclic) bond motifs is 1. The predicted octanol–water partition coefficient (Wildman–Crippen LogP) is 6.48. The molecule has 1 aliphatic rings. The zero-order valence-electron chi connectivity index (χ0n) is 23.8. The number of hydrogen-bond donors (Lipinski definition) is 2. The molecule has 43 heavy (non-hydrogen) atoms. The van der Waals surface area contributed by atoms with Gasteiger partial charge in [0.25, 0.3) is 0 Å². The number of nitrogens with one attached hydrogen (secondary N) is 2. The topological polar surface area (TPSA) is 132 Å². The van der Waals surface area contributed by atoms with Gasteiger partial charge in [0.1, 0.15) is 30.2 Å². The molecule has 1 unspecified atom stereocenters. The number of pyridine rings is 2. The Morgan fingerprint density at radius 3 is 2.77 bits per heavy atom. The van der Waals surface area contributed by atoms with Crippen LogP contribution < -0.4 is 20.1 Å². The number of quaternary nitrogens is 1. The van der Waals surface area contributed by atoms with Gasteiger partial charge in [-0.1, -0.05) is 17.7 Å². The minimum Gasteiger partial charge on any atom is -0.633 e. The highest BCUT2D eigenvalue weighted by Gasteiger charge is 2.28. The van der Waals surface area contributed by atoms with Crippen LogP contribution in [0.1, 0.15) is 31.0 Å².